The molecule has 0 saturated heterocycles. The van der Waals surface area contributed by atoms with Gasteiger partial charge >= 0.3 is 0 Å². The minimum atomic E-state index is 0.0825. The van der Waals surface area contributed by atoms with E-state index in [4.69, 9.17) is 15.7 Å². The number of ether oxygens (including phenoxy) is 1. The molecule has 3 heteroatoms. The highest BCUT2D eigenvalue weighted by atomic mass is 16.5. The van der Waals surface area contributed by atoms with Crippen LogP contribution in [-0.4, -0.2) is 6.61 Å². The molecule has 0 aliphatic heterocycles. The molecule has 0 fully saturated rings. The summed E-state index contributed by atoms with van der Waals surface area (Å²) in [4.78, 5) is 0. The van der Waals surface area contributed by atoms with Gasteiger partial charge in [-0.25, -0.2) is 0 Å². The maximum Gasteiger partial charge on any atom is 0.174 e. The normalized spacial score (nSPS) is 11.8. The van der Waals surface area contributed by atoms with Gasteiger partial charge in [-0.2, -0.15) is 5.26 Å². The van der Waals surface area contributed by atoms with Crippen molar-refractivity contribution in [3.8, 4) is 11.8 Å². The second-order valence-electron chi connectivity index (χ2n) is 3.03. The lowest BCUT2D eigenvalue weighted by atomic mass is 10.1. The van der Waals surface area contributed by atoms with Gasteiger partial charge in [0.1, 0.15) is 11.8 Å². The maximum absolute atomic E-state index is 8.31. The summed E-state index contributed by atoms with van der Waals surface area (Å²) < 4.78 is 5.12. The Hall–Kier alpha value is -1.53. The van der Waals surface area contributed by atoms with E-state index in [1.165, 1.54) is 0 Å². The number of hydrogen-bond acceptors (Lipinski definition) is 3. The second kappa shape index (κ2) is 5.25. The summed E-state index contributed by atoms with van der Waals surface area (Å²) in [5.74, 6) is 0.707. The van der Waals surface area contributed by atoms with Crippen LogP contribution >= 0.6 is 0 Å². The van der Waals surface area contributed by atoms with Crippen molar-refractivity contribution in [2.24, 2.45) is 5.73 Å². The van der Waals surface area contributed by atoms with E-state index >= 15 is 0 Å². The lowest BCUT2D eigenvalue weighted by Crippen LogP contribution is -2.08. The molecule has 0 bridgehead atoms. The quantitative estimate of drug-likeness (QED) is 0.789. The number of hydrogen-bond donors (Lipinski definition) is 1. The number of nitrogens with two attached hydrogens (primary N) is 1. The molecular weight excluding hydrogens is 176 g/mol. The van der Waals surface area contributed by atoms with Gasteiger partial charge in [0.05, 0.1) is 0 Å². The third kappa shape index (κ3) is 2.75. The molecule has 1 aromatic rings. The molecule has 1 unspecified atom stereocenters. The molecule has 3 nitrogen and oxygen atoms in total. The maximum atomic E-state index is 8.31. The van der Waals surface area contributed by atoms with Gasteiger partial charge in [0, 0.05) is 6.04 Å². The van der Waals surface area contributed by atoms with Crippen molar-refractivity contribution < 1.29 is 4.74 Å². The molecule has 0 radical (unpaired) electrons. The highest BCUT2D eigenvalue weighted by Crippen LogP contribution is 2.17. The lowest BCUT2D eigenvalue weighted by molar-refractivity contribution is 0.368. The summed E-state index contributed by atoms with van der Waals surface area (Å²) in [7, 11) is 0. The fourth-order valence-electron chi connectivity index (χ4n) is 1.16. The van der Waals surface area contributed by atoms with Crippen molar-refractivity contribution >= 4 is 0 Å². The Balaban J connectivity index is 2.64. The average molecular weight is 190 g/mol. The first kappa shape index (κ1) is 10.6. The van der Waals surface area contributed by atoms with E-state index in [0.29, 0.717) is 5.75 Å². The number of benzene rings is 1. The first-order valence-electron chi connectivity index (χ1n) is 4.63. The van der Waals surface area contributed by atoms with Gasteiger partial charge < -0.3 is 10.5 Å². The summed E-state index contributed by atoms with van der Waals surface area (Å²) in [5, 5.41) is 8.31. The van der Waals surface area contributed by atoms with Crippen LogP contribution in [0.15, 0.2) is 24.3 Å². The van der Waals surface area contributed by atoms with E-state index in [9.17, 15) is 0 Å². The van der Waals surface area contributed by atoms with E-state index in [1.807, 2.05) is 37.3 Å². The minimum absolute atomic E-state index is 0.0825. The average Bonchev–Trinajstić information content (AvgIpc) is 2.26. The van der Waals surface area contributed by atoms with Gasteiger partial charge in [0.15, 0.2) is 6.61 Å². The summed E-state index contributed by atoms with van der Waals surface area (Å²) in [6.45, 7) is 2.13. The van der Waals surface area contributed by atoms with Crippen LogP contribution in [0.1, 0.15) is 24.9 Å². The van der Waals surface area contributed by atoms with Crippen LogP contribution in [0.4, 0.5) is 0 Å². The fourth-order valence-corrected chi connectivity index (χ4v) is 1.16. The zero-order valence-electron chi connectivity index (χ0n) is 8.23. The first-order valence-corrected chi connectivity index (χ1v) is 4.63. The molecule has 0 saturated carbocycles. The van der Waals surface area contributed by atoms with Gasteiger partial charge in [0.2, 0.25) is 0 Å². The number of nitrogens with zero attached hydrogens (tertiary/aromatic N) is 1. The Morgan fingerprint density at radius 1 is 1.43 bits per heavy atom. The van der Waals surface area contributed by atoms with Crippen LogP contribution in [0.2, 0.25) is 0 Å². The molecule has 74 valence electrons. The zero-order valence-corrected chi connectivity index (χ0v) is 8.23. The number of nitriles is 1. The smallest absolute Gasteiger partial charge is 0.174 e. The van der Waals surface area contributed by atoms with Crippen molar-refractivity contribution in [1.29, 1.82) is 5.26 Å². The Kier molecular flexibility index (Phi) is 3.96. The standard InChI is InChI=1S/C11H14N2O/c1-2-11(13)9-3-5-10(6-4-9)14-8-7-12/h3-6,11H,2,8,13H2,1H3. The lowest BCUT2D eigenvalue weighted by Gasteiger charge is -2.09. The molecular formula is C11H14N2O. The van der Waals surface area contributed by atoms with Crippen LogP contribution in [-0.2, 0) is 0 Å². The van der Waals surface area contributed by atoms with E-state index in [0.717, 1.165) is 12.0 Å². The second-order valence-corrected chi connectivity index (χ2v) is 3.03. The monoisotopic (exact) mass is 190 g/mol. The van der Waals surface area contributed by atoms with Gasteiger partial charge in [0.25, 0.3) is 0 Å². The van der Waals surface area contributed by atoms with Crippen LogP contribution < -0.4 is 10.5 Å². The van der Waals surface area contributed by atoms with Crippen LogP contribution in [0.3, 0.4) is 0 Å². The predicted octanol–water partition coefficient (Wildman–Crippen LogP) is 2.00. The molecule has 2 N–H and O–H groups in total. The van der Waals surface area contributed by atoms with Gasteiger partial charge in [-0.3, -0.25) is 0 Å². The van der Waals surface area contributed by atoms with Crippen LogP contribution in [0.5, 0.6) is 5.75 Å². The minimum Gasteiger partial charge on any atom is -0.479 e. The van der Waals surface area contributed by atoms with Crippen LogP contribution in [0.25, 0.3) is 0 Å². The zero-order chi connectivity index (χ0) is 10.4. The van der Waals surface area contributed by atoms with Crippen molar-refractivity contribution in [3.05, 3.63) is 29.8 Å². The Morgan fingerprint density at radius 3 is 2.57 bits per heavy atom. The fraction of sp³-hybridized carbons (Fsp3) is 0.364. The molecule has 0 spiro atoms. The Morgan fingerprint density at radius 2 is 2.07 bits per heavy atom. The highest BCUT2D eigenvalue weighted by molar-refractivity contribution is 5.29. The molecule has 0 amide bonds. The first-order chi connectivity index (χ1) is 6.77. The molecule has 1 rings (SSSR count). The predicted molar refractivity (Wildman–Crippen MR) is 54.8 cm³/mol. The van der Waals surface area contributed by atoms with Gasteiger partial charge in [-0.15, -0.1) is 0 Å². The third-order valence-electron chi connectivity index (χ3n) is 2.05. The number of rotatable bonds is 4. The molecule has 14 heavy (non-hydrogen) atoms. The third-order valence-corrected chi connectivity index (χ3v) is 2.05. The van der Waals surface area contributed by atoms with Crippen molar-refractivity contribution in [2.75, 3.05) is 6.61 Å². The highest BCUT2D eigenvalue weighted by Gasteiger charge is 2.02. The van der Waals surface area contributed by atoms with E-state index in [1.54, 1.807) is 0 Å². The van der Waals surface area contributed by atoms with Gasteiger partial charge in [-0.05, 0) is 24.1 Å². The summed E-state index contributed by atoms with van der Waals surface area (Å²) in [6.07, 6.45) is 0.915. The van der Waals surface area contributed by atoms with E-state index < -0.39 is 0 Å². The van der Waals surface area contributed by atoms with Crippen LogP contribution in [0, 0.1) is 11.3 Å². The van der Waals surface area contributed by atoms with Crippen molar-refractivity contribution in [1.82, 2.24) is 0 Å². The van der Waals surface area contributed by atoms with Crippen molar-refractivity contribution in [3.63, 3.8) is 0 Å². The molecule has 1 atom stereocenters. The summed E-state index contributed by atoms with van der Waals surface area (Å²) in [6, 6.07) is 9.54. The Bertz CT molecular complexity index is 313. The molecule has 1 aromatic carbocycles. The Labute approximate surface area is 84.1 Å². The van der Waals surface area contributed by atoms with E-state index in [-0.39, 0.29) is 12.6 Å². The largest absolute Gasteiger partial charge is 0.479 e. The SMILES string of the molecule is CCC(N)c1ccc(OCC#N)cc1. The van der Waals surface area contributed by atoms with Gasteiger partial charge in [-0.1, -0.05) is 19.1 Å². The van der Waals surface area contributed by atoms with E-state index in [2.05, 4.69) is 0 Å². The van der Waals surface area contributed by atoms with Crippen molar-refractivity contribution in [2.45, 2.75) is 19.4 Å². The summed E-state index contributed by atoms with van der Waals surface area (Å²) in [5.41, 5.74) is 6.95. The topological polar surface area (TPSA) is 59.0 Å². The molecule has 0 heterocycles. The molecule has 0 aromatic heterocycles. The molecule has 0 aliphatic carbocycles. The molecule has 0 aliphatic rings. The summed E-state index contributed by atoms with van der Waals surface area (Å²) >= 11 is 0.